The van der Waals surface area contributed by atoms with Crippen LogP contribution in [0.4, 0.5) is 15.8 Å². The van der Waals surface area contributed by atoms with Gasteiger partial charge in [-0.25, -0.2) is 9.29 Å². The molecule has 0 saturated heterocycles. The number of methoxy groups -OCH3 is 2. The summed E-state index contributed by atoms with van der Waals surface area (Å²) in [5.74, 6) is -0.593. The molecule has 4 rings (SSSR count). The third-order valence-corrected chi connectivity index (χ3v) is 5.24. The Morgan fingerprint density at radius 2 is 1.66 bits per heavy atom. The van der Waals surface area contributed by atoms with E-state index in [0.717, 1.165) is 4.90 Å². The molecule has 0 aromatic heterocycles. The molecule has 162 valence electrons. The van der Waals surface area contributed by atoms with Gasteiger partial charge in [-0.05, 0) is 48.0 Å². The highest BCUT2D eigenvalue weighted by atomic mass is 35.5. The van der Waals surface area contributed by atoms with Crippen LogP contribution in [0.1, 0.15) is 5.56 Å². The highest BCUT2D eigenvalue weighted by Crippen LogP contribution is 2.37. The topological polar surface area (TPSA) is 67.9 Å². The van der Waals surface area contributed by atoms with Crippen LogP contribution in [0.2, 0.25) is 5.02 Å². The predicted molar refractivity (Wildman–Crippen MR) is 120 cm³/mol. The van der Waals surface area contributed by atoms with Gasteiger partial charge in [0.1, 0.15) is 23.0 Å². The van der Waals surface area contributed by atoms with E-state index in [2.05, 4.69) is 5.32 Å². The lowest BCUT2D eigenvalue weighted by Crippen LogP contribution is -2.32. The van der Waals surface area contributed by atoms with Gasteiger partial charge in [-0.2, -0.15) is 0 Å². The van der Waals surface area contributed by atoms with Crippen molar-refractivity contribution < 1.29 is 23.5 Å². The van der Waals surface area contributed by atoms with Crippen molar-refractivity contribution in [3.63, 3.8) is 0 Å². The fraction of sp³-hybridized carbons (Fsp3) is 0.0833. The second kappa shape index (κ2) is 8.72. The third-order valence-electron chi connectivity index (χ3n) is 4.95. The van der Waals surface area contributed by atoms with Crippen molar-refractivity contribution in [1.82, 2.24) is 0 Å². The summed E-state index contributed by atoms with van der Waals surface area (Å²) in [5, 5.41) is 3.28. The Bertz CT molecular complexity index is 1240. The maximum absolute atomic E-state index is 13.5. The lowest BCUT2D eigenvalue weighted by molar-refractivity contribution is -0.120. The lowest BCUT2D eigenvalue weighted by atomic mass is 10.0. The van der Waals surface area contributed by atoms with Gasteiger partial charge in [0.15, 0.2) is 0 Å². The van der Waals surface area contributed by atoms with Gasteiger partial charge in [-0.3, -0.25) is 9.59 Å². The number of nitrogens with one attached hydrogen (secondary N) is 1. The molecule has 0 saturated carbocycles. The first-order valence-electron chi connectivity index (χ1n) is 9.56. The molecule has 0 aliphatic carbocycles. The van der Waals surface area contributed by atoms with Gasteiger partial charge in [0, 0.05) is 11.8 Å². The first-order chi connectivity index (χ1) is 15.4. The normalized spacial score (nSPS) is 13.6. The molecule has 6 nitrogen and oxygen atoms in total. The molecule has 0 spiro atoms. The highest BCUT2D eigenvalue weighted by molar-refractivity contribution is 6.46. The number of benzene rings is 3. The zero-order valence-electron chi connectivity index (χ0n) is 17.2. The quantitative estimate of drug-likeness (QED) is 0.539. The average Bonchev–Trinajstić information content (AvgIpc) is 3.03. The minimum Gasteiger partial charge on any atom is -0.497 e. The molecule has 0 radical (unpaired) electrons. The zero-order valence-corrected chi connectivity index (χ0v) is 17.9. The predicted octanol–water partition coefficient (Wildman–Crippen LogP) is 4.89. The molecule has 0 atom stereocenters. The molecule has 3 aromatic rings. The van der Waals surface area contributed by atoms with Gasteiger partial charge in [0.2, 0.25) is 0 Å². The molecule has 0 bridgehead atoms. The van der Waals surface area contributed by atoms with Crippen LogP contribution >= 0.6 is 11.6 Å². The minimum absolute atomic E-state index is 0.0572. The van der Waals surface area contributed by atoms with Gasteiger partial charge >= 0.3 is 0 Å². The summed E-state index contributed by atoms with van der Waals surface area (Å²) < 4.78 is 23.9. The number of hydrogen-bond acceptors (Lipinski definition) is 5. The Morgan fingerprint density at radius 3 is 2.31 bits per heavy atom. The lowest BCUT2D eigenvalue weighted by Gasteiger charge is -2.16. The molecule has 1 N–H and O–H groups in total. The van der Waals surface area contributed by atoms with Crippen LogP contribution in [0, 0.1) is 5.82 Å². The van der Waals surface area contributed by atoms with E-state index in [9.17, 15) is 14.0 Å². The Balaban J connectivity index is 1.81. The van der Waals surface area contributed by atoms with Gasteiger partial charge in [0.05, 0.1) is 30.5 Å². The van der Waals surface area contributed by atoms with Crippen LogP contribution in [-0.4, -0.2) is 26.0 Å². The van der Waals surface area contributed by atoms with Crippen molar-refractivity contribution in [2.75, 3.05) is 24.4 Å². The van der Waals surface area contributed by atoms with E-state index in [1.807, 2.05) is 0 Å². The fourth-order valence-corrected chi connectivity index (χ4v) is 3.66. The van der Waals surface area contributed by atoms with Crippen molar-refractivity contribution in [2.45, 2.75) is 0 Å². The Labute approximate surface area is 188 Å². The fourth-order valence-electron chi connectivity index (χ4n) is 3.40. The molecule has 1 aliphatic rings. The van der Waals surface area contributed by atoms with Crippen LogP contribution in [0.3, 0.4) is 0 Å². The summed E-state index contributed by atoms with van der Waals surface area (Å²) in [7, 11) is 3.00. The zero-order chi connectivity index (χ0) is 22.8. The number of amides is 2. The summed E-state index contributed by atoms with van der Waals surface area (Å²) in [5.41, 5.74) is 1.41. The first-order valence-corrected chi connectivity index (χ1v) is 9.94. The molecule has 1 heterocycles. The van der Waals surface area contributed by atoms with E-state index in [-0.39, 0.29) is 22.0 Å². The average molecular weight is 453 g/mol. The maximum Gasteiger partial charge on any atom is 0.282 e. The van der Waals surface area contributed by atoms with Gasteiger partial charge in [-0.1, -0.05) is 29.8 Å². The highest BCUT2D eigenvalue weighted by Gasteiger charge is 2.40. The first kappa shape index (κ1) is 21.4. The van der Waals surface area contributed by atoms with E-state index in [0.29, 0.717) is 22.7 Å². The van der Waals surface area contributed by atoms with Crippen LogP contribution in [0.15, 0.2) is 72.4 Å². The minimum atomic E-state index is -0.571. The second-order valence-corrected chi connectivity index (χ2v) is 7.29. The summed E-state index contributed by atoms with van der Waals surface area (Å²) in [6, 6.07) is 16.9. The molecule has 1 aliphatic heterocycles. The number of hydrogen-bond donors (Lipinski definition) is 1. The summed E-state index contributed by atoms with van der Waals surface area (Å²) in [6.45, 7) is 0. The van der Waals surface area contributed by atoms with Crippen molar-refractivity contribution in [2.24, 2.45) is 0 Å². The van der Waals surface area contributed by atoms with Crippen LogP contribution in [0.5, 0.6) is 11.5 Å². The van der Waals surface area contributed by atoms with Crippen molar-refractivity contribution >= 4 is 40.4 Å². The van der Waals surface area contributed by atoms with Crippen molar-refractivity contribution in [3.8, 4) is 11.5 Å². The van der Waals surface area contributed by atoms with Crippen LogP contribution in [-0.2, 0) is 9.59 Å². The molecule has 8 heteroatoms. The molecule has 2 amide bonds. The number of ether oxygens (including phenoxy) is 2. The molecule has 3 aromatic carbocycles. The SMILES string of the molecule is COc1cccc(NC2=C(c3ccc(F)cc3)C(=O)N(c3ccc(OC)c(Cl)c3)C2=O)c1. The van der Waals surface area contributed by atoms with Crippen molar-refractivity contribution in [1.29, 1.82) is 0 Å². The molecule has 0 fully saturated rings. The monoisotopic (exact) mass is 452 g/mol. The Kier molecular flexibility index (Phi) is 5.83. The molecule has 32 heavy (non-hydrogen) atoms. The number of anilines is 2. The van der Waals surface area contributed by atoms with Gasteiger partial charge in [-0.15, -0.1) is 0 Å². The second-order valence-electron chi connectivity index (χ2n) is 6.88. The number of imide groups is 1. The standard InChI is InChI=1S/C24H18ClFN2O4/c1-31-18-5-3-4-16(12-18)27-22-21(14-6-8-15(26)9-7-14)23(29)28(24(22)30)17-10-11-20(32-2)19(25)13-17/h3-13,27H,1-2H3. The summed E-state index contributed by atoms with van der Waals surface area (Å²) >= 11 is 6.21. The summed E-state index contributed by atoms with van der Waals surface area (Å²) in [6.07, 6.45) is 0. The van der Waals surface area contributed by atoms with Crippen molar-refractivity contribution in [3.05, 3.63) is 88.8 Å². The third kappa shape index (κ3) is 3.90. The Morgan fingerprint density at radius 1 is 0.906 bits per heavy atom. The van der Waals surface area contributed by atoms with E-state index >= 15 is 0 Å². The van der Waals surface area contributed by atoms with Gasteiger partial charge < -0.3 is 14.8 Å². The molecule has 0 unspecified atom stereocenters. The number of nitrogens with zero attached hydrogens (tertiary/aromatic N) is 1. The van der Waals surface area contributed by atoms with Gasteiger partial charge in [0.25, 0.3) is 11.8 Å². The van der Waals surface area contributed by atoms with E-state index in [1.165, 1.54) is 44.6 Å². The van der Waals surface area contributed by atoms with E-state index < -0.39 is 17.6 Å². The van der Waals surface area contributed by atoms with E-state index in [1.54, 1.807) is 36.4 Å². The Hall–Kier alpha value is -3.84. The summed E-state index contributed by atoms with van der Waals surface area (Å²) in [4.78, 5) is 27.8. The maximum atomic E-state index is 13.5. The van der Waals surface area contributed by atoms with Crippen LogP contribution < -0.4 is 19.7 Å². The largest absolute Gasteiger partial charge is 0.497 e. The molecular formula is C24H18ClFN2O4. The smallest absolute Gasteiger partial charge is 0.282 e. The van der Waals surface area contributed by atoms with E-state index in [4.69, 9.17) is 21.1 Å². The number of carbonyl (C=O) groups is 2. The van der Waals surface area contributed by atoms with Crippen LogP contribution in [0.25, 0.3) is 5.57 Å². The molecular weight excluding hydrogens is 435 g/mol. The number of rotatable bonds is 6. The number of carbonyl (C=O) groups excluding carboxylic acids is 2. The number of halogens is 2.